The minimum absolute atomic E-state index is 0.138. The quantitative estimate of drug-likeness (QED) is 0.670. The number of H-pyrrole nitrogens is 1. The maximum atomic E-state index is 13.6. The van der Waals surface area contributed by atoms with E-state index in [4.69, 9.17) is 0 Å². The highest BCUT2D eigenvalue weighted by molar-refractivity contribution is 5.92. The number of hydrogen-bond donors (Lipinski definition) is 2. The molecule has 1 aromatic carbocycles. The lowest BCUT2D eigenvalue weighted by Crippen LogP contribution is -2.45. The molecular weight excluding hydrogens is 371 g/mol. The van der Waals surface area contributed by atoms with E-state index in [2.05, 4.69) is 25.5 Å². The molecule has 3 aromatic rings. The van der Waals surface area contributed by atoms with Gasteiger partial charge in [-0.3, -0.25) is 9.89 Å². The number of carbonyl (C=O) groups excluding carboxylic acids is 1. The van der Waals surface area contributed by atoms with Crippen molar-refractivity contribution in [2.75, 3.05) is 18.4 Å². The molecular formula is C21H23FN6O. The topological polar surface area (TPSA) is 86.8 Å². The van der Waals surface area contributed by atoms with Gasteiger partial charge in [0.25, 0.3) is 5.91 Å². The number of nitrogens with one attached hydrogen (secondary N) is 2. The van der Waals surface area contributed by atoms with Crippen LogP contribution in [0.25, 0.3) is 0 Å². The van der Waals surface area contributed by atoms with Gasteiger partial charge < -0.3 is 10.2 Å². The summed E-state index contributed by atoms with van der Waals surface area (Å²) in [5.41, 5.74) is 3.57. The molecule has 3 heterocycles. The van der Waals surface area contributed by atoms with Crippen LogP contribution in [0.15, 0.2) is 36.7 Å². The van der Waals surface area contributed by atoms with Crippen molar-refractivity contribution >= 4 is 11.7 Å². The van der Waals surface area contributed by atoms with Crippen LogP contribution in [0.2, 0.25) is 0 Å². The lowest BCUT2D eigenvalue weighted by Gasteiger charge is -2.41. The summed E-state index contributed by atoms with van der Waals surface area (Å²) in [5, 5.41) is 10.0. The molecule has 2 aromatic heterocycles. The standard InChI is InChI=1S/C21H23FN6O/c1-13-14(2)26-20(27-19(13)23-8-6-15-11-24-25-12-15)21(29)28-9-7-18(28)16-4-3-5-17(22)10-16/h3-5,10-12,18H,6-9H2,1-2H3,(H,24,25)(H,23,26,27). The summed E-state index contributed by atoms with van der Waals surface area (Å²) in [5.74, 6) is 0.298. The third-order valence-electron chi connectivity index (χ3n) is 5.36. The van der Waals surface area contributed by atoms with E-state index in [1.165, 1.54) is 12.1 Å². The molecule has 0 aliphatic carbocycles. The summed E-state index contributed by atoms with van der Waals surface area (Å²) in [6.45, 7) is 5.08. The van der Waals surface area contributed by atoms with Crippen LogP contribution < -0.4 is 5.32 Å². The van der Waals surface area contributed by atoms with Gasteiger partial charge in [-0.2, -0.15) is 5.10 Å². The Kier molecular flexibility index (Phi) is 5.24. The van der Waals surface area contributed by atoms with Crippen molar-refractivity contribution < 1.29 is 9.18 Å². The summed E-state index contributed by atoms with van der Waals surface area (Å²) in [6, 6.07) is 6.26. The summed E-state index contributed by atoms with van der Waals surface area (Å²) < 4.78 is 13.6. The van der Waals surface area contributed by atoms with Gasteiger partial charge in [-0.25, -0.2) is 14.4 Å². The number of aryl methyl sites for hydroxylation is 1. The number of hydrogen-bond acceptors (Lipinski definition) is 5. The third kappa shape index (κ3) is 3.96. The van der Waals surface area contributed by atoms with Crippen LogP contribution in [0.4, 0.5) is 10.2 Å². The van der Waals surface area contributed by atoms with Gasteiger partial charge >= 0.3 is 0 Å². The molecule has 0 bridgehead atoms. The van der Waals surface area contributed by atoms with E-state index in [1.54, 1.807) is 17.2 Å². The summed E-state index contributed by atoms with van der Waals surface area (Å²) in [7, 11) is 0. The van der Waals surface area contributed by atoms with Gasteiger partial charge in [0.05, 0.1) is 12.2 Å². The second-order valence-electron chi connectivity index (χ2n) is 7.25. The number of aromatic nitrogens is 4. The van der Waals surface area contributed by atoms with Crippen LogP contribution in [-0.4, -0.2) is 44.1 Å². The van der Waals surface area contributed by atoms with E-state index in [-0.39, 0.29) is 23.6 Å². The monoisotopic (exact) mass is 394 g/mol. The van der Waals surface area contributed by atoms with E-state index in [9.17, 15) is 9.18 Å². The molecule has 1 aliphatic heterocycles. The Labute approximate surface area is 168 Å². The van der Waals surface area contributed by atoms with Gasteiger partial charge in [0.15, 0.2) is 0 Å². The lowest BCUT2D eigenvalue weighted by molar-refractivity contribution is 0.0446. The minimum atomic E-state index is -0.298. The Bertz CT molecular complexity index is 1020. The molecule has 1 aliphatic rings. The average Bonchev–Trinajstić information content (AvgIpc) is 3.17. The fourth-order valence-corrected chi connectivity index (χ4v) is 3.46. The first-order valence-electron chi connectivity index (χ1n) is 9.66. The van der Waals surface area contributed by atoms with Crippen LogP contribution in [0.3, 0.4) is 0 Å². The van der Waals surface area contributed by atoms with Crippen molar-refractivity contribution in [3.05, 3.63) is 70.7 Å². The van der Waals surface area contributed by atoms with Crippen molar-refractivity contribution in [3.8, 4) is 0 Å². The first kappa shape index (κ1) is 19.0. The van der Waals surface area contributed by atoms with Crippen molar-refractivity contribution in [1.29, 1.82) is 0 Å². The largest absolute Gasteiger partial charge is 0.369 e. The second-order valence-corrected chi connectivity index (χ2v) is 7.25. The zero-order chi connectivity index (χ0) is 20.4. The highest BCUT2D eigenvalue weighted by atomic mass is 19.1. The van der Waals surface area contributed by atoms with Gasteiger partial charge in [-0.15, -0.1) is 0 Å². The second kappa shape index (κ2) is 7.98. The molecule has 1 unspecified atom stereocenters. The summed E-state index contributed by atoms with van der Waals surface area (Å²) in [6.07, 6.45) is 5.22. The van der Waals surface area contributed by atoms with E-state index < -0.39 is 0 Å². The van der Waals surface area contributed by atoms with Crippen molar-refractivity contribution in [3.63, 3.8) is 0 Å². The molecule has 2 N–H and O–H groups in total. The predicted molar refractivity (Wildman–Crippen MR) is 107 cm³/mol. The number of benzene rings is 1. The zero-order valence-electron chi connectivity index (χ0n) is 16.4. The molecule has 1 saturated heterocycles. The number of amides is 1. The van der Waals surface area contributed by atoms with E-state index in [0.717, 1.165) is 35.2 Å². The van der Waals surface area contributed by atoms with Crippen LogP contribution in [0.5, 0.6) is 0 Å². The van der Waals surface area contributed by atoms with Gasteiger partial charge in [0.2, 0.25) is 5.82 Å². The predicted octanol–water partition coefficient (Wildman–Crippen LogP) is 3.20. The molecule has 150 valence electrons. The minimum Gasteiger partial charge on any atom is -0.369 e. The normalized spacial score (nSPS) is 15.8. The molecule has 0 saturated carbocycles. The van der Waals surface area contributed by atoms with Crippen LogP contribution in [-0.2, 0) is 6.42 Å². The van der Waals surface area contributed by atoms with Crippen molar-refractivity contribution in [1.82, 2.24) is 25.1 Å². The van der Waals surface area contributed by atoms with Gasteiger partial charge in [0, 0.05) is 30.5 Å². The van der Waals surface area contributed by atoms with E-state index in [1.807, 2.05) is 26.1 Å². The Morgan fingerprint density at radius 2 is 2.21 bits per heavy atom. The van der Waals surface area contributed by atoms with Crippen LogP contribution >= 0.6 is 0 Å². The molecule has 29 heavy (non-hydrogen) atoms. The fourth-order valence-electron chi connectivity index (χ4n) is 3.46. The molecule has 0 radical (unpaired) electrons. The molecule has 1 amide bonds. The number of carbonyl (C=O) groups is 1. The smallest absolute Gasteiger partial charge is 0.292 e. The van der Waals surface area contributed by atoms with Gasteiger partial charge in [-0.1, -0.05) is 12.1 Å². The maximum Gasteiger partial charge on any atom is 0.292 e. The fraction of sp³-hybridized carbons (Fsp3) is 0.333. The molecule has 8 heteroatoms. The zero-order valence-corrected chi connectivity index (χ0v) is 16.4. The SMILES string of the molecule is Cc1nc(C(=O)N2CCC2c2cccc(F)c2)nc(NCCc2cn[nH]c2)c1C. The van der Waals surface area contributed by atoms with Crippen LogP contribution in [0.1, 0.15) is 45.5 Å². The third-order valence-corrected chi connectivity index (χ3v) is 5.36. The Balaban J connectivity index is 1.50. The van der Waals surface area contributed by atoms with E-state index in [0.29, 0.717) is 18.9 Å². The molecule has 4 rings (SSSR count). The van der Waals surface area contributed by atoms with Gasteiger partial charge in [-0.05, 0) is 49.9 Å². The molecule has 0 spiro atoms. The number of anilines is 1. The Morgan fingerprint density at radius 3 is 2.90 bits per heavy atom. The molecule has 7 nitrogen and oxygen atoms in total. The Morgan fingerprint density at radius 1 is 1.34 bits per heavy atom. The highest BCUT2D eigenvalue weighted by Crippen LogP contribution is 2.34. The molecule has 1 atom stereocenters. The van der Waals surface area contributed by atoms with Gasteiger partial charge in [0.1, 0.15) is 11.6 Å². The summed E-state index contributed by atoms with van der Waals surface area (Å²) >= 11 is 0. The average molecular weight is 394 g/mol. The summed E-state index contributed by atoms with van der Waals surface area (Å²) in [4.78, 5) is 23.6. The van der Waals surface area contributed by atoms with Crippen LogP contribution in [0, 0.1) is 19.7 Å². The number of nitrogens with zero attached hydrogens (tertiary/aromatic N) is 4. The number of aromatic amines is 1. The molecule has 1 fully saturated rings. The number of rotatable bonds is 6. The Hall–Kier alpha value is -3.29. The van der Waals surface area contributed by atoms with E-state index >= 15 is 0 Å². The lowest BCUT2D eigenvalue weighted by atomic mass is 9.94. The highest BCUT2D eigenvalue weighted by Gasteiger charge is 2.35. The number of likely N-dealkylation sites (tertiary alicyclic amines) is 1. The number of halogens is 1. The van der Waals surface area contributed by atoms with Crippen molar-refractivity contribution in [2.24, 2.45) is 0 Å². The first-order chi connectivity index (χ1) is 14.0. The maximum absolute atomic E-state index is 13.6. The van der Waals surface area contributed by atoms with Crippen molar-refractivity contribution in [2.45, 2.75) is 32.7 Å². The first-order valence-corrected chi connectivity index (χ1v) is 9.66.